The highest BCUT2D eigenvalue weighted by atomic mass is 16.2. The Hall–Kier alpha value is -1.30. The van der Waals surface area contributed by atoms with Gasteiger partial charge in [-0.2, -0.15) is 0 Å². The van der Waals surface area contributed by atoms with Crippen LogP contribution in [-0.4, -0.2) is 29.2 Å². The van der Waals surface area contributed by atoms with E-state index in [0.717, 1.165) is 12.1 Å². The van der Waals surface area contributed by atoms with E-state index in [9.17, 15) is 0 Å². The fourth-order valence-electron chi connectivity index (χ4n) is 2.70. The highest BCUT2D eigenvalue weighted by Crippen LogP contribution is 2.20. The quantitative estimate of drug-likeness (QED) is 0.824. The fourth-order valence-corrected chi connectivity index (χ4v) is 2.70. The topological polar surface area (TPSA) is 23.5 Å². The number of nitrogens with zero attached hydrogens (tertiary/aromatic N) is 1. The molecule has 1 aromatic carbocycles. The molecular formula is C17H23NO. The largest absolute Gasteiger partial charge is 0.384 e. The molecule has 0 bridgehead atoms. The molecule has 0 aromatic heterocycles. The summed E-state index contributed by atoms with van der Waals surface area (Å²) in [5.74, 6) is 5.81. The van der Waals surface area contributed by atoms with Gasteiger partial charge in [-0.1, -0.05) is 42.9 Å². The van der Waals surface area contributed by atoms with Crippen LogP contribution in [0.25, 0.3) is 0 Å². The van der Waals surface area contributed by atoms with Crippen molar-refractivity contribution < 1.29 is 5.11 Å². The van der Waals surface area contributed by atoms with Crippen molar-refractivity contribution in [3.63, 3.8) is 0 Å². The summed E-state index contributed by atoms with van der Waals surface area (Å²) in [6.45, 7) is 4.40. The zero-order chi connectivity index (χ0) is 13.5. The Morgan fingerprint density at radius 2 is 2.11 bits per heavy atom. The lowest BCUT2D eigenvalue weighted by Gasteiger charge is -2.27. The molecule has 0 saturated carbocycles. The number of hydrogen-bond acceptors (Lipinski definition) is 2. The molecule has 1 aromatic rings. The van der Waals surface area contributed by atoms with Crippen molar-refractivity contribution in [1.82, 2.24) is 4.90 Å². The van der Waals surface area contributed by atoms with Crippen molar-refractivity contribution in [1.29, 1.82) is 0 Å². The Balaban J connectivity index is 2.13. The molecule has 2 rings (SSSR count). The van der Waals surface area contributed by atoms with E-state index in [2.05, 4.69) is 35.8 Å². The van der Waals surface area contributed by atoms with E-state index in [4.69, 9.17) is 5.11 Å². The van der Waals surface area contributed by atoms with Gasteiger partial charge in [-0.05, 0) is 37.9 Å². The molecule has 102 valence electrons. The molecule has 0 amide bonds. The summed E-state index contributed by atoms with van der Waals surface area (Å²) >= 11 is 0. The Kier molecular flexibility index (Phi) is 5.44. The lowest BCUT2D eigenvalue weighted by Crippen LogP contribution is -2.32. The molecule has 1 N–H and O–H groups in total. The number of likely N-dealkylation sites (tertiary alicyclic amines) is 1. The Bertz CT molecular complexity index is 458. The van der Waals surface area contributed by atoms with Crippen molar-refractivity contribution in [2.45, 2.75) is 45.2 Å². The molecular weight excluding hydrogens is 234 g/mol. The molecule has 1 aliphatic heterocycles. The van der Waals surface area contributed by atoms with Crippen LogP contribution in [0.5, 0.6) is 0 Å². The van der Waals surface area contributed by atoms with Crippen LogP contribution in [-0.2, 0) is 6.54 Å². The first kappa shape index (κ1) is 14.1. The maximum Gasteiger partial charge on any atom is 0.104 e. The maximum atomic E-state index is 8.84. The molecule has 1 saturated heterocycles. The summed E-state index contributed by atoms with van der Waals surface area (Å²) in [4.78, 5) is 2.56. The molecule has 0 radical (unpaired) electrons. The number of aliphatic hydroxyl groups is 1. The van der Waals surface area contributed by atoms with Crippen molar-refractivity contribution in [2.75, 3.05) is 13.2 Å². The van der Waals surface area contributed by atoms with Gasteiger partial charge in [0.05, 0.1) is 0 Å². The summed E-state index contributed by atoms with van der Waals surface area (Å²) in [5.41, 5.74) is 2.32. The third kappa shape index (κ3) is 4.09. The number of hydrogen-bond donors (Lipinski definition) is 1. The normalized spacial score (nSPS) is 20.4. The lowest BCUT2D eigenvalue weighted by atomic mass is 10.1. The van der Waals surface area contributed by atoms with E-state index in [1.807, 2.05) is 12.1 Å². The first-order chi connectivity index (χ1) is 9.31. The van der Waals surface area contributed by atoms with Crippen molar-refractivity contribution in [3.8, 4) is 11.8 Å². The highest BCUT2D eigenvalue weighted by Gasteiger charge is 2.17. The molecule has 0 spiro atoms. The second kappa shape index (κ2) is 7.33. The van der Waals surface area contributed by atoms with E-state index >= 15 is 0 Å². The monoisotopic (exact) mass is 257 g/mol. The van der Waals surface area contributed by atoms with Gasteiger partial charge in [0.25, 0.3) is 0 Å². The fraction of sp³-hybridized carbons (Fsp3) is 0.529. The second-order valence-corrected chi connectivity index (χ2v) is 5.29. The zero-order valence-electron chi connectivity index (χ0n) is 11.7. The van der Waals surface area contributed by atoms with Gasteiger partial charge < -0.3 is 5.11 Å². The molecule has 1 atom stereocenters. The third-order valence-electron chi connectivity index (χ3n) is 3.88. The number of benzene rings is 1. The minimum Gasteiger partial charge on any atom is -0.384 e. The van der Waals surface area contributed by atoms with Gasteiger partial charge in [-0.15, -0.1) is 0 Å². The van der Waals surface area contributed by atoms with Crippen LogP contribution >= 0.6 is 0 Å². The highest BCUT2D eigenvalue weighted by molar-refractivity contribution is 5.41. The molecule has 1 fully saturated rings. The lowest BCUT2D eigenvalue weighted by molar-refractivity contribution is 0.205. The summed E-state index contributed by atoms with van der Waals surface area (Å²) in [6, 6.07) is 8.93. The number of rotatable bonds is 2. The van der Waals surface area contributed by atoms with Crippen LogP contribution < -0.4 is 0 Å². The molecule has 1 unspecified atom stereocenters. The van der Waals surface area contributed by atoms with Crippen molar-refractivity contribution in [3.05, 3.63) is 35.4 Å². The first-order valence-electron chi connectivity index (χ1n) is 7.23. The van der Waals surface area contributed by atoms with Gasteiger partial charge in [0.2, 0.25) is 0 Å². The van der Waals surface area contributed by atoms with Crippen LogP contribution in [0, 0.1) is 11.8 Å². The van der Waals surface area contributed by atoms with Crippen LogP contribution in [0.4, 0.5) is 0 Å². The SMILES string of the molecule is CC1CCCCCN1Cc1ccccc1C#CCO. The molecule has 1 aliphatic rings. The predicted octanol–water partition coefficient (Wildman–Crippen LogP) is 2.79. The Morgan fingerprint density at radius 1 is 1.26 bits per heavy atom. The van der Waals surface area contributed by atoms with Crippen LogP contribution in [0.1, 0.15) is 43.7 Å². The van der Waals surface area contributed by atoms with E-state index in [1.54, 1.807) is 0 Å². The third-order valence-corrected chi connectivity index (χ3v) is 3.88. The second-order valence-electron chi connectivity index (χ2n) is 5.29. The van der Waals surface area contributed by atoms with Crippen molar-refractivity contribution in [2.24, 2.45) is 0 Å². The smallest absolute Gasteiger partial charge is 0.104 e. The van der Waals surface area contributed by atoms with Crippen LogP contribution in [0.3, 0.4) is 0 Å². The molecule has 2 heteroatoms. The maximum absolute atomic E-state index is 8.84. The average Bonchev–Trinajstić information content (AvgIpc) is 2.63. The molecule has 1 heterocycles. The predicted molar refractivity (Wildman–Crippen MR) is 78.7 cm³/mol. The van der Waals surface area contributed by atoms with Gasteiger partial charge in [-0.3, -0.25) is 4.90 Å². The van der Waals surface area contributed by atoms with Gasteiger partial charge in [-0.25, -0.2) is 0 Å². The molecule has 2 nitrogen and oxygen atoms in total. The first-order valence-corrected chi connectivity index (χ1v) is 7.23. The Morgan fingerprint density at radius 3 is 2.95 bits per heavy atom. The number of aliphatic hydroxyl groups excluding tert-OH is 1. The minimum absolute atomic E-state index is 0.0749. The molecule has 0 aliphatic carbocycles. The Labute approximate surface area is 116 Å². The summed E-state index contributed by atoms with van der Waals surface area (Å²) in [7, 11) is 0. The van der Waals surface area contributed by atoms with Crippen LogP contribution in [0.15, 0.2) is 24.3 Å². The van der Waals surface area contributed by atoms with E-state index in [1.165, 1.54) is 37.8 Å². The summed E-state index contributed by atoms with van der Waals surface area (Å²) in [6.07, 6.45) is 5.30. The van der Waals surface area contributed by atoms with Crippen molar-refractivity contribution >= 4 is 0 Å². The average molecular weight is 257 g/mol. The van der Waals surface area contributed by atoms with Gasteiger partial charge >= 0.3 is 0 Å². The zero-order valence-corrected chi connectivity index (χ0v) is 11.7. The summed E-state index contributed by atoms with van der Waals surface area (Å²) in [5, 5.41) is 8.84. The summed E-state index contributed by atoms with van der Waals surface area (Å²) < 4.78 is 0. The van der Waals surface area contributed by atoms with E-state index in [0.29, 0.717) is 6.04 Å². The van der Waals surface area contributed by atoms with Gasteiger partial charge in [0.15, 0.2) is 0 Å². The van der Waals surface area contributed by atoms with Gasteiger partial charge in [0, 0.05) is 18.2 Å². The molecule has 19 heavy (non-hydrogen) atoms. The standard InChI is InChI=1S/C17H23NO/c1-15-8-3-2-6-12-18(15)14-17-10-5-4-9-16(17)11-7-13-19/h4-5,9-10,15,19H,2-3,6,8,12-14H2,1H3. The van der Waals surface area contributed by atoms with E-state index in [-0.39, 0.29) is 6.61 Å². The van der Waals surface area contributed by atoms with Crippen LogP contribution in [0.2, 0.25) is 0 Å². The van der Waals surface area contributed by atoms with Gasteiger partial charge in [0.1, 0.15) is 6.61 Å². The minimum atomic E-state index is -0.0749. The van der Waals surface area contributed by atoms with E-state index < -0.39 is 0 Å².